The summed E-state index contributed by atoms with van der Waals surface area (Å²) in [5, 5.41) is 0. The van der Waals surface area contributed by atoms with Crippen LogP contribution in [0.1, 0.15) is 105 Å². The van der Waals surface area contributed by atoms with Crippen molar-refractivity contribution < 1.29 is 29.1 Å². The molecule has 0 aliphatic heterocycles. The highest BCUT2D eigenvalue weighted by Crippen LogP contribution is 2.44. The molecule has 0 aliphatic carbocycles. The van der Waals surface area contributed by atoms with Gasteiger partial charge in [-0.2, -0.15) is 0 Å². The van der Waals surface area contributed by atoms with Crippen LogP contribution in [-0.2, 0) is 41.0 Å². The van der Waals surface area contributed by atoms with Gasteiger partial charge in [-0.15, -0.1) is 0 Å². The monoisotopic (exact) mass is 650 g/mol. The van der Waals surface area contributed by atoms with Crippen molar-refractivity contribution in [2.75, 3.05) is 0 Å². The lowest BCUT2D eigenvalue weighted by Crippen LogP contribution is -2.27. The summed E-state index contributed by atoms with van der Waals surface area (Å²) in [4.78, 5) is 48.0. The van der Waals surface area contributed by atoms with Gasteiger partial charge >= 0.3 is 11.9 Å². The Morgan fingerprint density at radius 2 is 0.646 bits per heavy atom. The van der Waals surface area contributed by atoms with Gasteiger partial charge in [0.2, 0.25) is 0 Å². The van der Waals surface area contributed by atoms with Crippen LogP contribution >= 0.6 is 0 Å². The molecule has 48 heavy (non-hydrogen) atoms. The fourth-order valence-electron chi connectivity index (χ4n) is 5.49. The highest BCUT2D eigenvalue weighted by molar-refractivity contribution is 6.29. The second-order valence-corrected chi connectivity index (χ2v) is 16.4. The van der Waals surface area contributed by atoms with Crippen molar-refractivity contribution in [3.05, 3.63) is 107 Å². The maximum Gasteiger partial charge on any atom is 0.467 e. The number of carbonyl (C=O) groups is 2. The van der Waals surface area contributed by atoms with Crippen LogP contribution in [0.15, 0.2) is 84.9 Å². The predicted octanol–water partition coefficient (Wildman–Crippen LogP) is 10.6. The average Bonchev–Trinajstić information content (AvgIpc) is 3.00. The van der Waals surface area contributed by atoms with Crippen molar-refractivity contribution in [1.82, 2.24) is 0 Å². The fourth-order valence-corrected chi connectivity index (χ4v) is 5.49. The average molecular weight is 651 g/mol. The van der Waals surface area contributed by atoms with E-state index in [1.54, 1.807) is 0 Å². The molecule has 4 rings (SSSR count). The van der Waals surface area contributed by atoms with Crippen LogP contribution in [0.25, 0.3) is 22.3 Å². The van der Waals surface area contributed by atoms with Gasteiger partial charge in [0.05, 0.1) is 0 Å². The second kappa shape index (κ2) is 13.5. The van der Waals surface area contributed by atoms with Crippen LogP contribution in [0.2, 0.25) is 0 Å². The molecule has 254 valence electrons. The molecule has 0 bridgehead atoms. The van der Waals surface area contributed by atoms with Gasteiger partial charge in [0, 0.05) is 22.3 Å². The van der Waals surface area contributed by atoms with Crippen LogP contribution in [0.4, 0.5) is 0 Å². The molecule has 0 atom stereocenters. The minimum atomic E-state index is -1.34. The molecule has 0 aromatic heterocycles. The number of hydrogen-bond acceptors (Lipinski definition) is 6. The topological polar surface area (TPSA) is 71.1 Å². The molecule has 0 saturated carbocycles. The maximum atomic E-state index is 13.0. The van der Waals surface area contributed by atoms with Crippen molar-refractivity contribution in [1.29, 1.82) is 0 Å². The van der Waals surface area contributed by atoms with Crippen molar-refractivity contribution in [3.8, 4) is 33.8 Å². The van der Waals surface area contributed by atoms with Crippen LogP contribution < -0.4 is 9.78 Å². The molecule has 0 N–H and O–H groups in total. The number of benzene rings is 4. The van der Waals surface area contributed by atoms with E-state index >= 15 is 0 Å². The summed E-state index contributed by atoms with van der Waals surface area (Å²) in [7, 11) is 0. The molecule has 0 fully saturated rings. The Morgan fingerprint density at radius 3 is 0.875 bits per heavy atom. The zero-order chi connectivity index (χ0) is 35.7. The summed E-state index contributed by atoms with van der Waals surface area (Å²) >= 11 is 0. The highest BCUT2D eigenvalue weighted by atomic mass is 17.2. The Bertz CT molecular complexity index is 1560. The number of carbonyl (C=O) groups excluding carboxylic acids is 2. The minimum absolute atomic E-state index is 0.380. The molecule has 4 aromatic rings. The standard InChI is InChI=1S/C42H50O6/c1-39(2,3)31-23-29(27-19-15-13-16-20-27)24-32(40(4,5)6)35(31)45-47-37(43)38(44)48-46-36-33(41(7,8)9)25-30(26-34(36)42(10,11)12)28-21-17-14-18-22-28/h13-26H,1-12H3. The molecule has 6 nitrogen and oxygen atoms in total. The van der Waals surface area contributed by atoms with E-state index in [-0.39, 0.29) is 21.7 Å². The van der Waals surface area contributed by atoms with Gasteiger partial charge in [-0.05, 0) is 68.2 Å². The normalized spacial score (nSPS) is 12.3. The molecule has 0 saturated heterocycles. The Kier molecular flexibility index (Phi) is 10.2. The van der Waals surface area contributed by atoms with Crippen molar-refractivity contribution >= 4 is 11.9 Å². The SMILES string of the molecule is CC(C)(C)c1cc(-c2ccccc2)cc(C(C)(C)C)c1OOC(=O)C(=O)OOc1c(C(C)(C)C)cc(-c2ccccc2)cc1C(C)(C)C. The van der Waals surface area contributed by atoms with E-state index in [0.717, 1.165) is 44.5 Å². The lowest BCUT2D eigenvalue weighted by Gasteiger charge is -2.29. The van der Waals surface area contributed by atoms with Gasteiger partial charge in [0.15, 0.2) is 11.5 Å². The largest absolute Gasteiger partial charge is 0.467 e. The zero-order valence-electron chi connectivity index (χ0n) is 30.5. The molecular formula is C42H50O6. The second-order valence-electron chi connectivity index (χ2n) is 16.4. The van der Waals surface area contributed by atoms with E-state index in [1.165, 1.54) is 0 Å². The van der Waals surface area contributed by atoms with E-state index in [0.29, 0.717) is 11.5 Å². The first-order valence-electron chi connectivity index (χ1n) is 16.4. The third-order valence-electron chi connectivity index (χ3n) is 8.19. The lowest BCUT2D eigenvalue weighted by atomic mass is 9.77. The van der Waals surface area contributed by atoms with E-state index < -0.39 is 11.9 Å². The molecule has 0 spiro atoms. The summed E-state index contributed by atoms with van der Waals surface area (Å²) in [6.45, 7) is 24.7. The summed E-state index contributed by atoms with van der Waals surface area (Å²) < 4.78 is 0. The van der Waals surface area contributed by atoms with E-state index in [9.17, 15) is 9.59 Å². The van der Waals surface area contributed by atoms with Crippen LogP contribution in [0, 0.1) is 0 Å². The van der Waals surface area contributed by atoms with Gasteiger partial charge in [-0.25, -0.2) is 19.4 Å². The van der Waals surface area contributed by atoms with E-state index in [2.05, 4.69) is 107 Å². The van der Waals surface area contributed by atoms with Gasteiger partial charge in [-0.1, -0.05) is 144 Å². The third-order valence-corrected chi connectivity index (χ3v) is 8.19. The molecule has 6 heteroatoms. The van der Waals surface area contributed by atoms with Gasteiger partial charge in [-0.3, -0.25) is 9.78 Å². The fraction of sp³-hybridized carbons (Fsp3) is 0.381. The Hall–Kier alpha value is -4.58. The number of hydrogen-bond donors (Lipinski definition) is 0. The van der Waals surface area contributed by atoms with Crippen molar-refractivity contribution in [3.63, 3.8) is 0 Å². The van der Waals surface area contributed by atoms with Crippen LogP contribution in [-0.4, -0.2) is 11.9 Å². The van der Waals surface area contributed by atoms with E-state index in [1.807, 2.05) is 60.7 Å². The van der Waals surface area contributed by atoms with Crippen molar-refractivity contribution in [2.24, 2.45) is 0 Å². The summed E-state index contributed by atoms with van der Waals surface area (Å²) in [6.07, 6.45) is 0. The van der Waals surface area contributed by atoms with Gasteiger partial charge in [0.25, 0.3) is 0 Å². The predicted molar refractivity (Wildman–Crippen MR) is 192 cm³/mol. The Balaban J connectivity index is 1.64. The molecule has 0 amide bonds. The summed E-state index contributed by atoms with van der Waals surface area (Å²) in [5.41, 5.74) is 5.93. The molecule has 0 heterocycles. The van der Waals surface area contributed by atoms with Crippen molar-refractivity contribution in [2.45, 2.75) is 105 Å². The molecule has 0 radical (unpaired) electrons. The minimum Gasteiger partial charge on any atom is -0.286 e. The highest BCUT2D eigenvalue weighted by Gasteiger charge is 2.33. The Labute approximate surface area is 286 Å². The quantitative estimate of drug-likeness (QED) is 0.117. The first-order chi connectivity index (χ1) is 22.2. The first kappa shape index (κ1) is 36.3. The van der Waals surface area contributed by atoms with E-state index in [4.69, 9.17) is 19.6 Å². The molecule has 0 unspecified atom stereocenters. The summed E-state index contributed by atoms with van der Waals surface area (Å²) in [5.74, 6) is -1.90. The Morgan fingerprint density at radius 1 is 0.396 bits per heavy atom. The molecule has 4 aromatic carbocycles. The van der Waals surface area contributed by atoms with Crippen LogP contribution in [0.5, 0.6) is 11.5 Å². The first-order valence-corrected chi connectivity index (χ1v) is 16.4. The lowest BCUT2D eigenvalue weighted by molar-refractivity contribution is -0.242. The third kappa shape index (κ3) is 8.46. The van der Waals surface area contributed by atoms with Crippen LogP contribution in [0.3, 0.4) is 0 Å². The smallest absolute Gasteiger partial charge is 0.286 e. The summed E-state index contributed by atoms with van der Waals surface area (Å²) in [6, 6.07) is 28.3. The van der Waals surface area contributed by atoms with Gasteiger partial charge < -0.3 is 0 Å². The maximum absolute atomic E-state index is 13.0. The zero-order valence-corrected chi connectivity index (χ0v) is 30.5. The van der Waals surface area contributed by atoms with Gasteiger partial charge in [0.1, 0.15) is 0 Å². The number of rotatable bonds is 6. The molecule has 0 aliphatic rings. The molecular weight excluding hydrogens is 600 g/mol.